The Balaban J connectivity index is 2.60. The molecule has 5 heteroatoms. The van der Waals surface area contributed by atoms with Gasteiger partial charge in [-0.1, -0.05) is 38.1 Å². The first-order valence-corrected chi connectivity index (χ1v) is 6.15. The molecule has 4 N–H and O–H groups in total. The van der Waals surface area contributed by atoms with Gasteiger partial charge in [0.25, 0.3) is 0 Å². The molecule has 0 radical (unpaired) electrons. The molecule has 0 bridgehead atoms. The van der Waals surface area contributed by atoms with E-state index in [2.05, 4.69) is 10.5 Å². The number of hydrogen-bond donors (Lipinski definition) is 3. The van der Waals surface area contributed by atoms with Gasteiger partial charge in [0, 0.05) is 18.5 Å². The number of carbonyl (C=O) groups excluding carboxylic acids is 1. The number of amides is 1. The zero-order chi connectivity index (χ0) is 14.5. The second-order valence-corrected chi connectivity index (χ2v) is 5.75. The van der Waals surface area contributed by atoms with Crippen LogP contribution in [-0.4, -0.2) is 17.0 Å². The molecule has 0 aliphatic rings. The van der Waals surface area contributed by atoms with E-state index in [1.54, 1.807) is 12.1 Å². The number of amidine groups is 1. The van der Waals surface area contributed by atoms with Crippen molar-refractivity contribution >= 4 is 17.4 Å². The first-order valence-electron chi connectivity index (χ1n) is 6.15. The Labute approximate surface area is 113 Å². The van der Waals surface area contributed by atoms with Crippen LogP contribution in [0, 0.1) is 5.41 Å². The van der Waals surface area contributed by atoms with Crippen molar-refractivity contribution in [3.8, 4) is 0 Å². The first-order chi connectivity index (χ1) is 8.80. The molecule has 19 heavy (non-hydrogen) atoms. The third-order valence-corrected chi connectivity index (χ3v) is 2.44. The minimum absolute atomic E-state index is 0.00307. The number of oxime groups is 1. The molecular weight excluding hydrogens is 242 g/mol. The highest BCUT2D eigenvalue weighted by Gasteiger charge is 2.15. The number of hydrogen-bond acceptors (Lipinski definition) is 3. The lowest BCUT2D eigenvalue weighted by atomic mass is 9.92. The van der Waals surface area contributed by atoms with Crippen LogP contribution in [-0.2, 0) is 11.2 Å². The fourth-order valence-electron chi connectivity index (χ4n) is 1.64. The molecule has 0 spiro atoms. The zero-order valence-corrected chi connectivity index (χ0v) is 11.6. The highest BCUT2D eigenvalue weighted by molar-refractivity contribution is 5.91. The van der Waals surface area contributed by atoms with Crippen LogP contribution in [0.5, 0.6) is 0 Å². The van der Waals surface area contributed by atoms with E-state index in [9.17, 15) is 4.79 Å². The summed E-state index contributed by atoms with van der Waals surface area (Å²) in [6.07, 6.45) is 0.853. The number of nitrogens with zero attached hydrogens (tertiary/aromatic N) is 1. The molecule has 0 fully saturated rings. The molecule has 0 aromatic heterocycles. The van der Waals surface area contributed by atoms with Crippen LogP contribution in [0.3, 0.4) is 0 Å². The SMILES string of the molecule is CC(C)(C)CC(=O)Nc1ccc(CC(N)=NO)cc1. The molecule has 0 aliphatic heterocycles. The van der Waals surface area contributed by atoms with Gasteiger partial charge in [-0.05, 0) is 23.1 Å². The van der Waals surface area contributed by atoms with Crippen LogP contribution in [0.2, 0.25) is 0 Å². The van der Waals surface area contributed by atoms with E-state index in [1.807, 2.05) is 32.9 Å². The van der Waals surface area contributed by atoms with Crippen LogP contribution in [0.25, 0.3) is 0 Å². The number of carbonyl (C=O) groups is 1. The molecule has 0 saturated carbocycles. The topological polar surface area (TPSA) is 87.7 Å². The molecule has 1 rings (SSSR count). The lowest BCUT2D eigenvalue weighted by Crippen LogP contribution is -2.19. The lowest BCUT2D eigenvalue weighted by molar-refractivity contribution is -0.117. The predicted molar refractivity (Wildman–Crippen MR) is 76.3 cm³/mol. The number of nitrogens with one attached hydrogen (secondary N) is 1. The summed E-state index contributed by atoms with van der Waals surface area (Å²) in [7, 11) is 0. The van der Waals surface area contributed by atoms with Gasteiger partial charge in [0.1, 0.15) is 5.84 Å². The van der Waals surface area contributed by atoms with Crippen LogP contribution < -0.4 is 11.1 Å². The van der Waals surface area contributed by atoms with Crippen molar-refractivity contribution in [1.82, 2.24) is 0 Å². The normalized spacial score (nSPS) is 12.3. The van der Waals surface area contributed by atoms with Crippen LogP contribution in [0.15, 0.2) is 29.4 Å². The van der Waals surface area contributed by atoms with E-state index in [1.165, 1.54) is 0 Å². The summed E-state index contributed by atoms with van der Waals surface area (Å²) in [6, 6.07) is 7.29. The molecule has 0 unspecified atom stereocenters. The summed E-state index contributed by atoms with van der Waals surface area (Å²) in [5, 5.41) is 14.2. The fraction of sp³-hybridized carbons (Fsp3) is 0.429. The van der Waals surface area contributed by atoms with Gasteiger partial charge >= 0.3 is 0 Å². The van der Waals surface area contributed by atoms with E-state index in [-0.39, 0.29) is 17.2 Å². The lowest BCUT2D eigenvalue weighted by Gasteiger charge is -2.17. The molecule has 1 aromatic rings. The van der Waals surface area contributed by atoms with E-state index in [0.29, 0.717) is 12.8 Å². The molecule has 0 heterocycles. The molecule has 1 aromatic carbocycles. The summed E-state index contributed by atoms with van der Waals surface area (Å²) >= 11 is 0. The van der Waals surface area contributed by atoms with Crippen molar-refractivity contribution < 1.29 is 10.0 Å². The molecule has 104 valence electrons. The summed E-state index contributed by atoms with van der Waals surface area (Å²) < 4.78 is 0. The van der Waals surface area contributed by atoms with Crippen molar-refractivity contribution in [2.75, 3.05) is 5.32 Å². The van der Waals surface area contributed by atoms with Gasteiger partial charge in [0.2, 0.25) is 5.91 Å². The molecule has 0 aliphatic carbocycles. The second-order valence-electron chi connectivity index (χ2n) is 5.75. The quantitative estimate of drug-likeness (QED) is 0.337. The number of rotatable bonds is 4. The average molecular weight is 263 g/mol. The van der Waals surface area contributed by atoms with Crippen molar-refractivity contribution in [2.24, 2.45) is 16.3 Å². The Bertz CT molecular complexity index is 459. The van der Waals surface area contributed by atoms with Crippen molar-refractivity contribution in [1.29, 1.82) is 0 Å². The van der Waals surface area contributed by atoms with Gasteiger partial charge in [-0.3, -0.25) is 4.79 Å². The summed E-state index contributed by atoms with van der Waals surface area (Å²) in [5.74, 6) is 0.154. The molecule has 1 amide bonds. The fourth-order valence-corrected chi connectivity index (χ4v) is 1.64. The average Bonchev–Trinajstić information content (AvgIpc) is 2.29. The maximum Gasteiger partial charge on any atom is 0.224 e. The van der Waals surface area contributed by atoms with E-state index >= 15 is 0 Å². The summed E-state index contributed by atoms with van der Waals surface area (Å²) in [4.78, 5) is 11.8. The minimum atomic E-state index is -0.0317. The van der Waals surface area contributed by atoms with Gasteiger partial charge in [-0.2, -0.15) is 0 Å². The van der Waals surface area contributed by atoms with Crippen LogP contribution in [0.4, 0.5) is 5.69 Å². The maximum atomic E-state index is 11.8. The van der Waals surface area contributed by atoms with Crippen molar-refractivity contribution in [3.63, 3.8) is 0 Å². The summed E-state index contributed by atoms with van der Waals surface area (Å²) in [5.41, 5.74) is 7.06. The van der Waals surface area contributed by atoms with Gasteiger partial charge in [0.05, 0.1) is 0 Å². The second kappa shape index (κ2) is 6.22. The van der Waals surface area contributed by atoms with Crippen LogP contribution >= 0.6 is 0 Å². The Hall–Kier alpha value is -2.04. The maximum absolute atomic E-state index is 11.8. The monoisotopic (exact) mass is 263 g/mol. The zero-order valence-electron chi connectivity index (χ0n) is 11.6. The third kappa shape index (κ3) is 5.90. The van der Waals surface area contributed by atoms with E-state index < -0.39 is 0 Å². The minimum Gasteiger partial charge on any atom is -0.409 e. The number of benzene rings is 1. The Morgan fingerprint density at radius 3 is 2.37 bits per heavy atom. The number of nitrogens with two attached hydrogens (primary N) is 1. The largest absolute Gasteiger partial charge is 0.409 e. The highest BCUT2D eigenvalue weighted by Crippen LogP contribution is 2.19. The Morgan fingerprint density at radius 1 is 1.32 bits per heavy atom. The Morgan fingerprint density at radius 2 is 1.89 bits per heavy atom. The molecule has 0 saturated heterocycles. The van der Waals surface area contributed by atoms with E-state index in [4.69, 9.17) is 10.9 Å². The van der Waals surface area contributed by atoms with Crippen molar-refractivity contribution in [2.45, 2.75) is 33.6 Å². The summed E-state index contributed by atoms with van der Waals surface area (Å²) in [6.45, 7) is 6.06. The highest BCUT2D eigenvalue weighted by atomic mass is 16.4. The smallest absolute Gasteiger partial charge is 0.224 e. The van der Waals surface area contributed by atoms with Crippen LogP contribution in [0.1, 0.15) is 32.8 Å². The molecular formula is C14H21N3O2. The van der Waals surface area contributed by atoms with Gasteiger partial charge < -0.3 is 16.3 Å². The molecule has 0 atom stereocenters. The van der Waals surface area contributed by atoms with Gasteiger partial charge in [-0.15, -0.1) is 0 Å². The molecule has 5 nitrogen and oxygen atoms in total. The van der Waals surface area contributed by atoms with E-state index in [0.717, 1.165) is 11.3 Å². The third-order valence-electron chi connectivity index (χ3n) is 2.44. The Kier molecular flexibility index (Phi) is 4.92. The first kappa shape index (κ1) is 15.0. The van der Waals surface area contributed by atoms with Gasteiger partial charge in [0.15, 0.2) is 0 Å². The number of anilines is 1. The van der Waals surface area contributed by atoms with Crippen molar-refractivity contribution in [3.05, 3.63) is 29.8 Å². The predicted octanol–water partition coefficient (Wildman–Crippen LogP) is 2.35. The standard InChI is InChI=1S/C14H21N3O2/c1-14(2,3)9-13(18)16-11-6-4-10(5-7-11)8-12(15)17-19/h4-7,19H,8-9H2,1-3H3,(H2,15,17)(H,16,18). The van der Waals surface area contributed by atoms with Gasteiger partial charge in [-0.25, -0.2) is 0 Å².